The first-order valence-electron chi connectivity index (χ1n) is 9.94. The van der Waals surface area contributed by atoms with Crippen LogP contribution < -0.4 is 10.6 Å². The van der Waals surface area contributed by atoms with Crippen LogP contribution in [-0.2, 0) is 11.3 Å². The predicted molar refractivity (Wildman–Crippen MR) is 120 cm³/mol. The summed E-state index contributed by atoms with van der Waals surface area (Å²) in [5, 5.41) is 13.6. The molecule has 0 bridgehead atoms. The molecule has 1 saturated carbocycles. The van der Waals surface area contributed by atoms with Gasteiger partial charge in [0.25, 0.3) is 0 Å². The summed E-state index contributed by atoms with van der Waals surface area (Å²) >= 11 is 0. The van der Waals surface area contributed by atoms with Crippen molar-refractivity contribution >= 4 is 29.9 Å². The van der Waals surface area contributed by atoms with Gasteiger partial charge in [-0.05, 0) is 31.9 Å². The van der Waals surface area contributed by atoms with Crippen molar-refractivity contribution in [3.05, 3.63) is 24.2 Å². The lowest BCUT2D eigenvalue weighted by Crippen LogP contribution is -2.39. The normalized spacial score (nSPS) is 15.7. The summed E-state index contributed by atoms with van der Waals surface area (Å²) < 4.78 is 11.3. The van der Waals surface area contributed by atoms with Gasteiger partial charge in [0, 0.05) is 13.1 Å². The van der Waals surface area contributed by atoms with Crippen LogP contribution in [0, 0.1) is 0 Å². The first-order valence-corrected chi connectivity index (χ1v) is 9.94. The van der Waals surface area contributed by atoms with E-state index in [-0.39, 0.29) is 24.0 Å². The molecule has 3 N–H and O–H groups in total. The van der Waals surface area contributed by atoms with Gasteiger partial charge in [-0.1, -0.05) is 25.7 Å². The van der Waals surface area contributed by atoms with Gasteiger partial charge in [0.05, 0.1) is 19.0 Å². The van der Waals surface area contributed by atoms with Crippen LogP contribution in [0.1, 0.15) is 51.3 Å². The molecule has 0 saturated heterocycles. The molecule has 0 spiro atoms. The summed E-state index contributed by atoms with van der Waals surface area (Å²) in [5.41, 5.74) is 0. The summed E-state index contributed by atoms with van der Waals surface area (Å²) in [6.45, 7) is 4.68. The van der Waals surface area contributed by atoms with Gasteiger partial charge in [-0.25, -0.2) is 9.98 Å². The van der Waals surface area contributed by atoms with E-state index >= 15 is 0 Å². The molecular formula is C19H31IN6O2. The summed E-state index contributed by atoms with van der Waals surface area (Å²) in [4.78, 5) is 8.96. The van der Waals surface area contributed by atoms with Gasteiger partial charge in [-0.3, -0.25) is 5.10 Å². The third-order valence-electron chi connectivity index (χ3n) is 4.55. The first-order chi connectivity index (χ1) is 13.3. The molecule has 2 heterocycles. The van der Waals surface area contributed by atoms with Crippen molar-refractivity contribution < 1.29 is 9.15 Å². The second-order valence-electron chi connectivity index (χ2n) is 6.69. The summed E-state index contributed by atoms with van der Waals surface area (Å²) in [6, 6.07) is 3.64. The number of hydrogen-bond acceptors (Lipinski definition) is 5. The number of aliphatic imine (C=N–C) groups is 1. The van der Waals surface area contributed by atoms with E-state index in [4.69, 9.17) is 9.15 Å². The van der Waals surface area contributed by atoms with Crippen molar-refractivity contribution in [1.29, 1.82) is 0 Å². The van der Waals surface area contributed by atoms with Crippen LogP contribution >= 0.6 is 24.0 Å². The smallest absolute Gasteiger partial charge is 0.216 e. The Kier molecular flexibility index (Phi) is 10.3. The quantitative estimate of drug-likeness (QED) is 0.168. The van der Waals surface area contributed by atoms with Crippen LogP contribution in [0.15, 0.2) is 27.8 Å². The lowest BCUT2D eigenvalue weighted by atomic mass is 10.1. The molecule has 0 amide bonds. The minimum atomic E-state index is 0. The standard InChI is InChI=1S/C19H30N6O2.HI/c1-2-20-19(21-11-13-26-15-8-5-3-4-6-9-15)22-14-17-23-18(25-24-17)16-10-7-12-27-16;/h7,10,12,15H,2-6,8-9,11,13-14H2,1H3,(H2,20,21,22)(H,23,24,25);1H. The molecule has 9 heteroatoms. The summed E-state index contributed by atoms with van der Waals surface area (Å²) in [6.07, 6.45) is 9.68. The number of aromatic nitrogens is 3. The van der Waals surface area contributed by atoms with Crippen molar-refractivity contribution in [2.24, 2.45) is 4.99 Å². The monoisotopic (exact) mass is 502 g/mol. The van der Waals surface area contributed by atoms with Gasteiger partial charge < -0.3 is 19.8 Å². The minimum Gasteiger partial charge on any atom is -0.461 e. The number of ether oxygens (including phenoxy) is 1. The van der Waals surface area contributed by atoms with E-state index in [1.807, 2.05) is 19.1 Å². The second-order valence-corrected chi connectivity index (χ2v) is 6.69. The second kappa shape index (κ2) is 12.8. The Morgan fingerprint density at radius 1 is 1.29 bits per heavy atom. The number of nitrogens with one attached hydrogen (secondary N) is 3. The third-order valence-corrected chi connectivity index (χ3v) is 4.55. The van der Waals surface area contributed by atoms with Crippen LogP contribution in [-0.4, -0.2) is 46.9 Å². The van der Waals surface area contributed by atoms with Gasteiger partial charge in [0.15, 0.2) is 11.7 Å². The molecule has 0 aromatic carbocycles. The Hall–Kier alpha value is -1.62. The van der Waals surface area contributed by atoms with Crippen LogP contribution in [0.4, 0.5) is 0 Å². The Morgan fingerprint density at radius 3 is 2.82 bits per heavy atom. The fourth-order valence-corrected chi connectivity index (χ4v) is 3.18. The van der Waals surface area contributed by atoms with Gasteiger partial charge in [-0.2, -0.15) is 0 Å². The number of guanidine groups is 1. The predicted octanol–water partition coefficient (Wildman–Crippen LogP) is 3.48. The summed E-state index contributed by atoms with van der Waals surface area (Å²) in [7, 11) is 0. The molecule has 28 heavy (non-hydrogen) atoms. The zero-order valence-electron chi connectivity index (χ0n) is 16.4. The maximum atomic E-state index is 6.01. The molecule has 156 valence electrons. The van der Waals surface area contributed by atoms with E-state index in [9.17, 15) is 0 Å². The van der Waals surface area contributed by atoms with Crippen molar-refractivity contribution in [2.45, 2.75) is 58.1 Å². The average molecular weight is 502 g/mol. The number of H-pyrrole nitrogens is 1. The van der Waals surface area contributed by atoms with Crippen LogP contribution in [0.3, 0.4) is 0 Å². The van der Waals surface area contributed by atoms with E-state index in [2.05, 4.69) is 30.8 Å². The Labute approximate surface area is 183 Å². The number of halogens is 1. The van der Waals surface area contributed by atoms with Gasteiger partial charge in [0.1, 0.15) is 12.4 Å². The zero-order chi connectivity index (χ0) is 18.7. The number of rotatable bonds is 8. The molecule has 0 atom stereocenters. The maximum absolute atomic E-state index is 6.01. The molecule has 2 aromatic heterocycles. The SMILES string of the molecule is CCNC(=NCc1nc(-c2ccco2)n[nH]1)NCCOC1CCCCCC1.I. The molecule has 1 aliphatic carbocycles. The van der Waals surface area contributed by atoms with E-state index in [0.29, 0.717) is 36.7 Å². The maximum Gasteiger partial charge on any atom is 0.216 e. The van der Waals surface area contributed by atoms with Gasteiger partial charge >= 0.3 is 0 Å². The molecular weight excluding hydrogens is 471 g/mol. The van der Waals surface area contributed by atoms with Crippen molar-refractivity contribution in [3.63, 3.8) is 0 Å². The number of hydrogen-bond donors (Lipinski definition) is 3. The van der Waals surface area contributed by atoms with Crippen LogP contribution in [0.2, 0.25) is 0 Å². The lowest BCUT2D eigenvalue weighted by Gasteiger charge is -2.16. The Bertz CT molecular complexity index is 680. The molecule has 0 radical (unpaired) electrons. The van der Waals surface area contributed by atoms with Gasteiger partial charge in [-0.15, -0.1) is 29.1 Å². The van der Waals surface area contributed by atoms with Crippen molar-refractivity contribution in [2.75, 3.05) is 19.7 Å². The number of aromatic amines is 1. The highest BCUT2D eigenvalue weighted by atomic mass is 127. The first kappa shape index (κ1) is 22.7. The fraction of sp³-hybridized carbons (Fsp3) is 0.632. The van der Waals surface area contributed by atoms with Crippen molar-refractivity contribution in [3.8, 4) is 11.6 Å². The number of furan rings is 1. The molecule has 3 rings (SSSR count). The molecule has 8 nitrogen and oxygen atoms in total. The topological polar surface area (TPSA) is 100 Å². The zero-order valence-corrected chi connectivity index (χ0v) is 18.8. The summed E-state index contributed by atoms with van der Waals surface area (Å²) in [5.74, 6) is 2.62. The van der Waals surface area contributed by atoms with E-state index < -0.39 is 0 Å². The van der Waals surface area contributed by atoms with E-state index in [1.54, 1.807) is 6.26 Å². The fourth-order valence-electron chi connectivity index (χ4n) is 3.18. The van der Waals surface area contributed by atoms with Crippen LogP contribution in [0.5, 0.6) is 0 Å². The third kappa shape index (κ3) is 7.42. The lowest BCUT2D eigenvalue weighted by molar-refractivity contribution is 0.0468. The highest BCUT2D eigenvalue weighted by molar-refractivity contribution is 14.0. The average Bonchev–Trinajstić information content (AvgIpc) is 3.31. The van der Waals surface area contributed by atoms with E-state index in [1.165, 1.54) is 38.5 Å². The molecule has 0 aliphatic heterocycles. The largest absolute Gasteiger partial charge is 0.461 e. The number of nitrogens with zero attached hydrogens (tertiary/aromatic N) is 3. The Morgan fingerprint density at radius 2 is 2.11 bits per heavy atom. The van der Waals surface area contributed by atoms with Crippen LogP contribution in [0.25, 0.3) is 11.6 Å². The highest BCUT2D eigenvalue weighted by Crippen LogP contribution is 2.19. The van der Waals surface area contributed by atoms with E-state index in [0.717, 1.165) is 19.0 Å². The molecule has 1 fully saturated rings. The molecule has 0 unspecified atom stereocenters. The molecule has 2 aromatic rings. The van der Waals surface area contributed by atoms with Gasteiger partial charge in [0.2, 0.25) is 5.82 Å². The molecule has 1 aliphatic rings. The Balaban J connectivity index is 0.00000280. The van der Waals surface area contributed by atoms with Crippen molar-refractivity contribution in [1.82, 2.24) is 25.8 Å². The highest BCUT2D eigenvalue weighted by Gasteiger charge is 2.12. The minimum absolute atomic E-state index is 0.